The number of nitrogens with one attached hydrogen (secondary N) is 3. The number of nitrogens with zero attached hydrogens (tertiary/aromatic N) is 2. The highest BCUT2D eigenvalue weighted by Gasteiger charge is 2.10. The van der Waals surface area contributed by atoms with Crippen molar-refractivity contribution in [1.82, 2.24) is 15.2 Å². The van der Waals surface area contributed by atoms with Gasteiger partial charge in [0.05, 0.1) is 11.9 Å². The molecule has 0 unspecified atom stereocenters. The summed E-state index contributed by atoms with van der Waals surface area (Å²) in [5, 5.41) is 12.0. The van der Waals surface area contributed by atoms with Crippen LogP contribution in [-0.4, -0.2) is 27.0 Å². The zero-order valence-corrected chi connectivity index (χ0v) is 12.9. The molecule has 0 bridgehead atoms. The number of aromatic amines is 1. The fraction of sp³-hybridized carbons (Fsp3) is 0.0588. The molecular formula is C17H15N5O2. The number of anilines is 2. The number of amides is 2. The number of carbonyl (C=O) groups is 2. The van der Waals surface area contributed by atoms with Crippen molar-refractivity contribution in [2.45, 2.75) is 6.92 Å². The maximum Gasteiger partial charge on any atom is 0.276 e. The Morgan fingerprint density at radius 2 is 1.79 bits per heavy atom. The summed E-state index contributed by atoms with van der Waals surface area (Å²) in [4.78, 5) is 28.1. The fourth-order valence-electron chi connectivity index (χ4n) is 2.05. The molecule has 2 aromatic heterocycles. The molecular weight excluding hydrogens is 306 g/mol. The van der Waals surface area contributed by atoms with Gasteiger partial charge in [-0.3, -0.25) is 14.7 Å². The smallest absolute Gasteiger partial charge is 0.276 e. The van der Waals surface area contributed by atoms with Crippen LogP contribution in [0, 0.1) is 6.92 Å². The van der Waals surface area contributed by atoms with E-state index < -0.39 is 0 Å². The van der Waals surface area contributed by atoms with Crippen LogP contribution in [0.4, 0.5) is 11.5 Å². The Hall–Kier alpha value is -3.48. The number of hydrogen-bond donors (Lipinski definition) is 3. The minimum absolute atomic E-state index is 0.244. The minimum Gasteiger partial charge on any atom is -0.319 e. The zero-order valence-electron chi connectivity index (χ0n) is 12.9. The number of pyridine rings is 1. The standard InChI is InChI=1S/C17H15N5O2/c1-11-9-14(22-21-11)17(24)19-13-7-8-15(18-10-13)20-16(23)12-5-3-2-4-6-12/h2-10H,1H3,(H,19,24)(H,21,22)(H,18,20,23). The Kier molecular flexibility index (Phi) is 4.33. The highest BCUT2D eigenvalue weighted by Crippen LogP contribution is 2.12. The molecule has 0 spiro atoms. The molecule has 0 saturated carbocycles. The summed E-state index contributed by atoms with van der Waals surface area (Å²) in [5.41, 5.74) is 2.16. The summed E-state index contributed by atoms with van der Waals surface area (Å²) in [5.74, 6) is -0.174. The molecule has 0 aliphatic heterocycles. The number of aryl methyl sites for hydroxylation is 1. The van der Waals surface area contributed by atoms with Crippen molar-refractivity contribution in [3.05, 3.63) is 71.7 Å². The van der Waals surface area contributed by atoms with Gasteiger partial charge in [0.1, 0.15) is 5.82 Å². The fourth-order valence-corrected chi connectivity index (χ4v) is 2.05. The third-order valence-electron chi connectivity index (χ3n) is 3.24. The van der Waals surface area contributed by atoms with Gasteiger partial charge in [0.2, 0.25) is 0 Å². The molecule has 3 aromatic rings. The van der Waals surface area contributed by atoms with Crippen molar-refractivity contribution < 1.29 is 9.59 Å². The molecule has 0 fully saturated rings. The van der Waals surface area contributed by atoms with E-state index in [1.807, 2.05) is 13.0 Å². The van der Waals surface area contributed by atoms with Gasteiger partial charge in [-0.2, -0.15) is 5.10 Å². The lowest BCUT2D eigenvalue weighted by atomic mass is 10.2. The van der Waals surface area contributed by atoms with Crippen molar-refractivity contribution in [2.75, 3.05) is 10.6 Å². The highest BCUT2D eigenvalue weighted by atomic mass is 16.2. The summed E-state index contributed by atoms with van der Waals surface area (Å²) < 4.78 is 0. The molecule has 120 valence electrons. The summed E-state index contributed by atoms with van der Waals surface area (Å²) in [6.45, 7) is 1.82. The van der Waals surface area contributed by atoms with E-state index in [1.54, 1.807) is 42.5 Å². The summed E-state index contributed by atoms with van der Waals surface area (Å²) >= 11 is 0. The van der Waals surface area contributed by atoms with Crippen molar-refractivity contribution in [3.63, 3.8) is 0 Å². The second-order valence-electron chi connectivity index (χ2n) is 5.14. The van der Waals surface area contributed by atoms with Gasteiger partial charge in [-0.1, -0.05) is 18.2 Å². The van der Waals surface area contributed by atoms with E-state index in [1.165, 1.54) is 6.20 Å². The van der Waals surface area contributed by atoms with Crippen LogP contribution in [0.1, 0.15) is 26.5 Å². The molecule has 2 amide bonds. The summed E-state index contributed by atoms with van der Waals surface area (Å²) in [6.07, 6.45) is 1.47. The van der Waals surface area contributed by atoms with Crippen LogP contribution in [0.25, 0.3) is 0 Å². The molecule has 3 rings (SSSR count). The quantitative estimate of drug-likeness (QED) is 0.687. The van der Waals surface area contributed by atoms with Gasteiger partial charge in [0.25, 0.3) is 11.8 Å². The SMILES string of the molecule is Cc1cc(C(=O)Nc2ccc(NC(=O)c3ccccc3)nc2)n[nH]1. The molecule has 1 aromatic carbocycles. The van der Waals surface area contributed by atoms with Crippen molar-refractivity contribution >= 4 is 23.3 Å². The number of aromatic nitrogens is 3. The minimum atomic E-state index is -0.331. The Balaban J connectivity index is 1.63. The maximum atomic E-state index is 12.0. The molecule has 2 heterocycles. The van der Waals surface area contributed by atoms with E-state index in [2.05, 4.69) is 25.8 Å². The molecule has 0 aliphatic rings. The van der Waals surface area contributed by atoms with Crippen molar-refractivity contribution in [2.24, 2.45) is 0 Å². The molecule has 24 heavy (non-hydrogen) atoms. The van der Waals surface area contributed by atoms with Crippen molar-refractivity contribution in [3.8, 4) is 0 Å². The normalized spacial score (nSPS) is 10.2. The van der Waals surface area contributed by atoms with E-state index in [0.717, 1.165) is 5.69 Å². The second kappa shape index (κ2) is 6.74. The van der Waals surface area contributed by atoms with E-state index >= 15 is 0 Å². The maximum absolute atomic E-state index is 12.0. The Labute approximate surface area is 138 Å². The van der Waals surface area contributed by atoms with E-state index in [4.69, 9.17) is 0 Å². The second-order valence-corrected chi connectivity index (χ2v) is 5.14. The molecule has 0 atom stereocenters. The van der Waals surface area contributed by atoms with Crippen LogP contribution in [0.3, 0.4) is 0 Å². The lowest BCUT2D eigenvalue weighted by Gasteiger charge is -2.06. The average molecular weight is 321 g/mol. The zero-order chi connectivity index (χ0) is 16.9. The third-order valence-corrected chi connectivity index (χ3v) is 3.24. The van der Waals surface area contributed by atoms with Crippen LogP contribution in [0.5, 0.6) is 0 Å². The number of H-pyrrole nitrogens is 1. The average Bonchev–Trinajstić information content (AvgIpc) is 3.04. The summed E-state index contributed by atoms with van der Waals surface area (Å²) in [7, 11) is 0. The molecule has 0 radical (unpaired) electrons. The van der Waals surface area contributed by atoms with Gasteiger partial charge in [0.15, 0.2) is 5.69 Å². The first-order valence-electron chi connectivity index (χ1n) is 7.27. The molecule has 0 aliphatic carbocycles. The van der Waals surface area contributed by atoms with Gasteiger partial charge in [-0.15, -0.1) is 0 Å². The molecule has 7 nitrogen and oxygen atoms in total. The van der Waals surface area contributed by atoms with Gasteiger partial charge < -0.3 is 10.6 Å². The first-order chi connectivity index (χ1) is 11.6. The monoisotopic (exact) mass is 321 g/mol. The number of benzene rings is 1. The molecule has 3 N–H and O–H groups in total. The Morgan fingerprint density at radius 3 is 2.42 bits per heavy atom. The first-order valence-corrected chi connectivity index (χ1v) is 7.27. The number of hydrogen-bond acceptors (Lipinski definition) is 4. The predicted octanol–water partition coefficient (Wildman–Crippen LogP) is 2.62. The van der Waals surface area contributed by atoms with Crippen molar-refractivity contribution in [1.29, 1.82) is 0 Å². The van der Waals surface area contributed by atoms with E-state index in [0.29, 0.717) is 22.8 Å². The highest BCUT2D eigenvalue weighted by molar-refractivity contribution is 6.04. The van der Waals surface area contributed by atoms with Gasteiger partial charge in [-0.25, -0.2) is 4.98 Å². The van der Waals surface area contributed by atoms with Gasteiger partial charge in [0, 0.05) is 11.3 Å². The lowest BCUT2D eigenvalue weighted by Crippen LogP contribution is -2.14. The molecule has 7 heteroatoms. The summed E-state index contributed by atoms with van der Waals surface area (Å²) in [6, 6.07) is 13.8. The van der Waals surface area contributed by atoms with Crippen LogP contribution >= 0.6 is 0 Å². The third kappa shape index (κ3) is 3.64. The van der Waals surface area contributed by atoms with Crippen LogP contribution in [0.2, 0.25) is 0 Å². The van der Waals surface area contributed by atoms with E-state index in [-0.39, 0.29) is 11.8 Å². The predicted molar refractivity (Wildman–Crippen MR) is 89.9 cm³/mol. The Bertz CT molecular complexity index is 856. The van der Waals surface area contributed by atoms with E-state index in [9.17, 15) is 9.59 Å². The van der Waals surface area contributed by atoms with Crippen LogP contribution < -0.4 is 10.6 Å². The van der Waals surface area contributed by atoms with Gasteiger partial charge in [-0.05, 0) is 37.3 Å². The Morgan fingerprint density at radius 1 is 1.00 bits per heavy atom. The van der Waals surface area contributed by atoms with Crippen LogP contribution in [-0.2, 0) is 0 Å². The largest absolute Gasteiger partial charge is 0.319 e. The number of carbonyl (C=O) groups excluding carboxylic acids is 2. The topological polar surface area (TPSA) is 99.8 Å². The lowest BCUT2D eigenvalue weighted by molar-refractivity contribution is 0.101. The molecule has 0 saturated heterocycles. The first kappa shape index (κ1) is 15.4. The van der Waals surface area contributed by atoms with Gasteiger partial charge >= 0.3 is 0 Å². The van der Waals surface area contributed by atoms with Crippen LogP contribution in [0.15, 0.2) is 54.7 Å². The number of rotatable bonds is 4.